The van der Waals surface area contributed by atoms with E-state index in [4.69, 9.17) is 4.79 Å². The van der Waals surface area contributed by atoms with Gasteiger partial charge in [0.1, 0.15) is 0 Å². The number of carbonyl (C=O) groups is 3. The van der Waals surface area contributed by atoms with Crippen LogP contribution < -0.4 is 11.1 Å². The zero-order valence-corrected chi connectivity index (χ0v) is 15.3. The Hall–Kier alpha value is -1.73. The number of likely N-dealkylation sites (tertiary alicyclic amines) is 1. The number of hydrogen-bond acceptors (Lipinski definition) is 5. The van der Waals surface area contributed by atoms with Gasteiger partial charge in [-0.15, -0.1) is 0 Å². The van der Waals surface area contributed by atoms with E-state index in [0.717, 1.165) is 25.9 Å². The molecule has 0 aromatic rings. The van der Waals surface area contributed by atoms with Gasteiger partial charge in [-0.25, -0.2) is 0 Å². The van der Waals surface area contributed by atoms with Gasteiger partial charge in [-0.3, -0.25) is 19.3 Å². The molecule has 1 unspecified atom stereocenters. The largest absolute Gasteiger partial charge is 0.372 e. The first-order valence-corrected chi connectivity index (χ1v) is 8.35. The Labute approximate surface area is 145 Å². The molecule has 0 aromatic carbocycles. The van der Waals surface area contributed by atoms with E-state index in [-0.39, 0.29) is 24.0 Å². The number of piperidine rings is 1. The molecule has 0 aliphatic carbocycles. The molecular formula is C17H32N4O3. The Bertz CT molecular complexity index is 424. The molecule has 24 heavy (non-hydrogen) atoms. The molecule has 1 heterocycles. The molecule has 0 radical (unpaired) electrons. The van der Waals surface area contributed by atoms with Gasteiger partial charge in [-0.05, 0) is 33.0 Å². The number of allylic oxidation sites excluding steroid dienone is 1. The van der Waals surface area contributed by atoms with Gasteiger partial charge in [0, 0.05) is 31.6 Å². The van der Waals surface area contributed by atoms with E-state index < -0.39 is 0 Å². The van der Waals surface area contributed by atoms with Crippen molar-refractivity contribution in [1.29, 1.82) is 0 Å². The Morgan fingerprint density at radius 1 is 1.42 bits per heavy atom. The minimum Gasteiger partial charge on any atom is -0.372 e. The first-order chi connectivity index (χ1) is 11.3. The Morgan fingerprint density at radius 3 is 2.58 bits per heavy atom. The summed E-state index contributed by atoms with van der Waals surface area (Å²) in [6, 6.07) is 0.413. The van der Waals surface area contributed by atoms with E-state index in [9.17, 15) is 9.59 Å². The van der Waals surface area contributed by atoms with E-state index in [2.05, 4.69) is 11.1 Å². The van der Waals surface area contributed by atoms with E-state index >= 15 is 0 Å². The minimum absolute atomic E-state index is 0.0278. The van der Waals surface area contributed by atoms with Crippen molar-refractivity contribution in [3.05, 3.63) is 12.2 Å². The molecule has 2 amide bonds. The highest BCUT2D eigenvalue weighted by molar-refractivity contribution is 5.91. The Kier molecular flexibility index (Phi) is 11.8. The first-order valence-electron chi connectivity index (χ1n) is 8.35. The molecule has 1 aliphatic heterocycles. The van der Waals surface area contributed by atoms with Crippen molar-refractivity contribution in [1.82, 2.24) is 15.1 Å². The predicted octanol–water partition coefficient (Wildman–Crippen LogP) is 0.0114. The van der Waals surface area contributed by atoms with Crippen LogP contribution in [0.3, 0.4) is 0 Å². The van der Waals surface area contributed by atoms with Gasteiger partial charge in [0.05, 0.1) is 6.54 Å². The van der Waals surface area contributed by atoms with Crippen LogP contribution in [0.4, 0.5) is 0 Å². The number of nitrogens with zero attached hydrogens (tertiary/aromatic N) is 2. The molecule has 1 fully saturated rings. The summed E-state index contributed by atoms with van der Waals surface area (Å²) in [5.74, 6) is 0.323. The molecule has 7 nitrogen and oxygen atoms in total. The van der Waals surface area contributed by atoms with Gasteiger partial charge < -0.3 is 16.0 Å². The third-order valence-electron chi connectivity index (χ3n) is 3.86. The number of amides is 2. The van der Waals surface area contributed by atoms with Crippen LogP contribution in [0.5, 0.6) is 0 Å². The fraction of sp³-hybridized carbons (Fsp3) is 0.706. The zero-order valence-electron chi connectivity index (χ0n) is 15.3. The molecule has 1 rings (SSSR count). The van der Waals surface area contributed by atoms with Gasteiger partial charge in [0.25, 0.3) is 0 Å². The predicted molar refractivity (Wildman–Crippen MR) is 95.4 cm³/mol. The van der Waals surface area contributed by atoms with Crippen molar-refractivity contribution in [2.75, 3.05) is 40.3 Å². The summed E-state index contributed by atoms with van der Waals surface area (Å²) in [7, 11) is 3.85. The summed E-state index contributed by atoms with van der Waals surface area (Å²) in [6.07, 6.45) is 5.89. The third-order valence-corrected chi connectivity index (χ3v) is 3.86. The highest BCUT2D eigenvalue weighted by Gasteiger charge is 2.22. The molecular weight excluding hydrogens is 308 g/mol. The van der Waals surface area contributed by atoms with Crippen molar-refractivity contribution in [3.63, 3.8) is 0 Å². The average Bonchev–Trinajstić information content (AvgIpc) is 2.55. The molecule has 1 saturated heterocycles. The number of nitrogens with one attached hydrogen (secondary N) is 1. The summed E-state index contributed by atoms with van der Waals surface area (Å²) in [6.45, 7) is 6.43. The minimum atomic E-state index is 0.0278. The number of primary amides is 1. The fourth-order valence-corrected chi connectivity index (χ4v) is 2.38. The highest BCUT2D eigenvalue weighted by atomic mass is 16.2. The molecule has 0 spiro atoms. The lowest BCUT2D eigenvalue weighted by molar-refractivity contribution is -0.133. The van der Waals surface area contributed by atoms with Crippen molar-refractivity contribution in [2.45, 2.75) is 32.7 Å². The number of carbonyl (C=O) groups excluding carboxylic acids is 3. The molecule has 0 aromatic heterocycles. The number of nitrogens with two attached hydrogens (primary N) is 1. The maximum Gasteiger partial charge on any atom is 0.236 e. The molecule has 1 aliphatic rings. The van der Waals surface area contributed by atoms with Crippen LogP contribution in [0.2, 0.25) is 0 Å². The van der Waals surface area contributed by atoms with E-state index in [1.807, 2.05) is 43.8 Å². The lowest BCUT2D eigenvalue weighted by Crippen LogP contribution is -2.49. The monoisotopic (exact) mass is 340 g/mol. The van der Waals surface area contributed by atoms with Crippen molar-refractivity contribution in [2.24, 2.45) is 11.7 Å². The van der Waals surface area contributed by atoms with Gasteiger partial charge in [0.2, 0.25) is 12.3 Å². The topological polar surface area (TPSA) is 95.7 Å². The van der Waals surface area contributed by atoms with Gasteiger partial charge >= 0.3 is 0 Å². The van der Waals surface area contributed by atoms with Gasteiger partial charge in [0.15, 0.2) is 5.78 Å². The van der Waals surface area contributed by atoms with Crippen molar-refractivity contribution in [3.8, 4) is 0 Å². The van der Waals surface area contributed by atoms with Crippen molar-refractivity contribution >= 4 is 18.1 Å². The molecule has 1 atom stereocenters. The summed E-state index contributed by atoms with van der Waals surface area (Å²) in [4.78, 5) is 36.2. The third kappa shape index (κ3) is 9.42. The molecule has 0 bridgehead atoms. The van der Waals surface area contributed by atoms with E-state index in [1.165, 1.54) is 0 Å². The zero-order chi connectivity index (χ0) is 18.5. The van der Waals surface area contributed by atoms with Gasteiger partial charge in [-0.1, -0.05) is 19.9 Å². The first kappa shape index (κ1) is 22.3. The van der Waals surface area contributed by atoms with Crippen LogP contribution in [-0.4, -0.2) is 74.2 Å². The Morgan fingerprint density at radius 2 is 2.04 bits per heavy atom. The van der Waals surface area contributed by atoms with Crippen LogP contribution in [-0.2, 0) is 14.4 Å². The normalized spacial score (nSPS) is 17.8. The summed E-state index contributed by atoms with van der Waals surface area (Å²) in [5, 5.41) is 3.24. The second kappa shape index (κ2) is 12.7. The van der Waals surface area contributed by atoms with Crippen molar-refractivity contribution < 1.29 is 14.4 Å². The van der Waals surface area contributed by atoms with Crippen LogP contribution >= 0.6 is 0 Å². The lowest BCUT2D eigenvalue weighted by atomic mass is 10.1. The van der Waals surface area contributed by atoms with Gasteiger partial charge in [-0.2, -0.15) is 0 Å². The van der Waals surface area contributed by atoms with Crippen LogP contribution in [0.25, 0.3) is 0 Å². The van der Waals surface area contributed by atoms with E-state index in [0.29, 0.717) is 19.1 Å². The average molecular weight is 340 g/mol. The summed E-state index contributed by atoms with van der Waals surface area (Å²) >= 11 is 0. The van der Waals surface area contributed by atoms with Crippen LogP contribution in [0.1, 0.15) is 26.7 Å². The number of rotatable bonds is 7. The molecule has 138 valence electrons. The van der Waals surface area contributed by atoms with Crippen LogP contribution in [0.15, 0.2) is 12.2 Å². The fourth-order valence-electron chi connectivity index (χ4n) is 2.38. The number of ketones is 1. The lowest BCUT2D eigenvalue weighted by Gasteiger charge is -2.33. The molecule has 0 saturated carbocycles. The summed E-state index contributed by atoms with van der Waals surface area (Å²) < 4.78 is 0. The standard InChI is InChI=1S/C16H29N3O2.CH3NO/c1-13(2)15(20)8-6-9-18(4)12-16(21)19-10-5-7-14(11-19)17-3;2-1-3/h6,8,13-14,17H,5,7,9-12H2,1-4H3;1H,(H2,2,3)/b8-6+;. The maximum atomic E-state index is 12.2. The number of likely N-dealkylation sites (N-methyl/N-ethyl adjacent to an activating group) is 2. The maximum absolute atomic E-state index is 12.2. The second-order valence-corrected chi connectivity index (χ2v) is 6.26. The SMILES string of the molecule is CNC1CCCN(C(=O)CN(C)C/C=C/C(=O)C(C)C)C1.NC=O. The quantitative estimate of drug-likeness (QED) is 0.503. The Balaban J connectivity index is 0.00000163. The molecule has 3 N–H and O–H groups in total. The highest BCUT2D eigenvalue weighted by Crippen LogP contribution is 2.10. The summed E-state index contributed by atoms with van der Waals surface area (Å²) in [5.41, 5.74) is 4.17. The second-order valence-electron chi connectivity index (χ2n) is 6.26. The number of hydrogen-bond donors (Lipinski definition) is 2. The van der Waals surface area contributed by atoms with Crippen LogP contribution in [0, 0.1) is 5.92 Å². The smallest absolute Gasteiger partial charge is 0.236 e. The van der Waals surface area contributed by atoms with E-state index in [1.54, 1.807) is 6.08 Å². The molecule has 7 heteroatoms.